The number of carbonyl (C=O) groups excluding carboxylic acids is 4. The van der Waals surface area contributed by atoms with Gasteiger partial charge in [-0.25, -0.2) is 0 Å². The highest BCUT2D eigenvalue weighted by molar-refractivity contribution is 7.81. The molecule has 4 amide bonds. The number of benzene rings is 3. The Morgan fingerprint density at radius 1 is 0.984 bits per heavy atom. The van der Waals surface area contributed by atoms with Gasteiger partial charge in [0.1, 0.15) is 23.9 Å². The Balaban J connectivity index is 0.876. The summed E-state index contributed by atoms with van der Waals surface area (Å²) in [5.74, 6) is -0.0310. The third-order valence-electron chi connectivity index (χ3n) is 12.6. The molecule has 3 saturated heterocycles. The molecule has 0 bridgehead atoms. The molecule has 17 heteroatoms. The summed E-state index contributed by atoms with van der Waals surface area (Å²) in [6.07, 6.45) is -0.198. The quantitative estimate of drug-likeness (QED) is 0.125. The van der Waals surface area contributed by atoms with Gasteiger partial charge in [-0.3, -0.25) is 39.2 Å². The van der Waals surface area contributed by atoms with Crippen molar-refractivity contribution in [3.05, 3.63) is 77.4 Å². The van der Waals surface area contributed by atoms with E-state index in [4.69, 9.17) is 17.4 Å². The Labute approximate surface area is 357 Å². The number of alkyl halides is 3. The number of imide groups is 1. The largest absolute Gasteiger partial charge is 0.492 e. The SMILES string of the molecule is C[C@@H]1CN(CCOc2ccc(N3C(S)N(c4ccc(C#N)c(C(F)(F)F)c4)C(=O)C34CCC4)cc2C2CC2)C[C@H](C)N1CC(=O)Nc1cccc(NC2CCC(=O)NC2=O)c1. The number of hydrogen-bond acceptors (Lipinski definition) is 11. The molecule has 4 atom stereocenters. The van der Waals surface area contributed by atoms with E-state index in [1.54, 1.807) is 24.3 Å². The number of piperidine rings is 1. The summed E-state index contributed by atoms with van der Waals surface area (Å²) in [6.45, 7) is 7.04. The monoisotopic (exact) mass is 858 g/mol. The standard InChI is InChI=1S/C44H49F3N8O5S/c1-26-23-52(24-27(2)53(26)25-39(57)50-31-6-3-5-30(19-31)49-36-12-14-38(56)51-40(36)58)17-18-60-37-13-11-33(20-34(37)28-7-8-28)55-42(61)54(41(59)43(55)15-4-16-43)32-10-9-29(22-48)35(21-32)44(45,46)47/h3,5-6,9-11,13,19-21,26-28,36,42,49,61H,4,7-8,12,14-18,23-25H2,1-2H3,(H,50,57)(H,51,56,58)/t26-,27+,36?,42?. The van der Waals surface area contributed by atoms with Crippen molar-refractivity contribution in [1.82, 2.24) is 15.1 Å². The van der Waals surface area contributed by atoms with Gasteiger partial charge in [-0.1, -0.05) is 6.07 Å². The summed E-state index contributed by atoms with van der Waals surface area (Å²) in [5, 5.41) is 17.8. The van der Waals surface area contributed by atoms with Gasteiger partial charge in [0.25, 0.3) is 5.91 Å². The van der Waals surface area contributed by atoms with E-state index in [0.29, 0.717) is 49.7 Å². The molecule has 5 aliphatic rings. The molecular weight excluding hydrogens is 810 g/mol. The van der Waals surface area contributed by atoms with Gasteiger partial charge in [-0.15, -0.1) is 12.6 Å². The first-order valence-electron chi connectivity index (χ1n) is 20.8. The van der Waals surface area contributed by atoms with Gasteiger partial charge in [0.2, 0.25) is 17.7 Å². The second-order valence-corrected chi connectivity index (χ2v) is 17.3. The third-order valence-corrected chi connectivity index (χ3v) is 13.1. The number of rotatable bonds is 12. The minimum atomic E-state index is -4.76. The smallest absolute Gasteiger partial charge is 0.417 e. The predicted molar refractivity (Wildman–Crippen MR) is 226 cm³/mol. The van der Waals surface area contributed by atoms with Crippen LogP contribution >= 0.6 is 12.6 Å². The van der Waals surface area contributed by atoms with Crippen LogP contribution in [0.25, 0.3) is 0 Å². The summed E-state index contributed by atoms with van der Waals surface area (Å²) in [5.41, 5.74) is -0.280. The van der Waals surface area contributed by atoms with E-state index >= 15 is 0 Å². The summed E-state index contributed by atoms with van der Waals surface area (Å²) in [6, 6.07) is 17.7. The number of nitrogens with one attached hydrogen (secondary N) is 3. The minimum Gasteiger partial charge on any atom is -0.492 e. The number of hydrogen-bond donors (Lipinski definition) is 4. The molecule has 2 unspecified atom stereocenters. The van der Waals surface area contributed by atoms with Crippen LogP contribution in [0.5, 0.6) is 5.75 Å². The maximum absolute atomic E-state index is 14.1. The van der Waals surface area contributed by atoms with Crippen LogP contribution in [0.3, 0.4) is 0 Å². The highest BCUT2D eigenvalue weighted by Gasteiger charge is 2.60. The number of nitrogens with zero attached hydrogens (tertiary/aromatic N) is 5. The lowest BCUT2D eigenvalue weighted by atomic mass is 9.75. The van der Waals surface area contributed by atoms with Gasteiger partial charge >= 0.3 is 6.18 Å². The number of nitriles is 1. The first-order chi connectivity index (χ1) is 29.1. The van der Waals surface area contributed by atoms with Crippen LogP contribution in [0.4, 0.5) is 35.9 Å². The molecule has 2 saturated carbocycles. The van der Waals surface area contributed by atoms with Gasteiger partial charge < -0.3 is 20.3 Å². The van der Waals surface area contributed by atoms with E-state index in [9.17, 15) is 37.6 Å². The predicted octanol–water partition coefficient (Wildman–Crippen LogP) is 6.07. The Morgan fingerprint density at radius 3 is 2.36 bits per heavy atom. The zero-order valence-corrected chi connectivity index (χ0v) is 34.9. The van der Waals surface area contributed by atoms with Crippen LogP contribution < -0.4 is 30.5 Å². The number of amides is 4. The van der Waals surface area contributed by atoms with E-state index in [-0.39, 0.29) is 54.4 Å². The van der Waals surface area contributed by atoms with Crippen LogP contribution in [0.1, 0.15) is 81.4 Å². The normalized spacial score (nSPS) is 24.3. The zero-order valence-electron chi connectivity index (χ0n) is 34.0. The number of anilines is 4. The minimum absolute atomic E-state index is 0.0454. The highest BCUT2D eigenvalue weighted by Crippen LogP contribution is 2.53. The van der Waals surface area contributed by atoms with Crippen molar-refractivity contribution >= 4 is 59.0 Å². The van der Waals surface area contributed by atoms with Gasteiger partial charge in [-0.2, -0.15) is 18.4 Å². The lowest BCUT2D eigenvalue weighted by molar-refractivity contribution is -0.138. The average molecular weight is 859 g/mol. The Kier molecular flexibility index (Phi) is 11.7. The molecule has 3 aromatic rings. The number of halogens is 3. The van der Waals surface area contributed by atoms with E-state index in [0.717, 1.165) is 61.5 Å². The second kappa shape index (κ2) is 16.9. The lowest BCUT2D eigenvalue weighted by Gasteiger charge is -2.45. The molecular formula is C44H49F3N8O5S. The molecule has 322 valence electrons. The molecule has 5 fully saturated rings. The zero-order chi connectivity index (χ0) is 43.2. The molecule has 1 spiro atoms. The van der Waals surface area contributed by atoms with Crippen LogP contribution in [-0.2, 0) is 25.4 Å². The molecule has 0 radical (unpaired) electrons. The maximum atomic E-state index is 14.1. The Hall–Kier alpha value is -5.31. The van der Waals surface area contributed by atoms with Crippen LogP contribution in [0, 0.1) is 11.3 Å². The molecule has 3 heterocycles. The van der Waals surface area contributed by atoms with E-state index in [2.05, 4.69) is 39.6 Å². The Bertz CT molecular complexity index is 2250. The molecule has 2 aliphatic carbocycles. The topological polar surface area (TPSA) is 150 Å². The number of ether oxygens (including phenoxy) is 1. The fraction of sp³-hybridized carbons (Fsp3) is 0.477. The van der Waals surface area contributed by atoms with E-state index in [1.807, 2.05) is 29.2 Å². The molecule has 3 N–H and O–H groups in total. The van der Waals surface area contributed by atoms with Crippen molar-refractivity contribution in [3.63, 3.8) is 0 Å². The Morgan fingerprint density at radius 2 is 1.70 bits per heavy atom. The molecule has 3 aromatic carbocycles. The van der Waals surface area contributed by atoms with Crippen molar-refractivity contribution in [3.8, 4) is 11.8 Å². The van der Waals surface area contributed by atoms with Gasteiger partial charge in [-0.05, 0) is 118 Å². The van der Waals surface area contributed by atoms with Gasteiger partial charge in [0.15, 0.2) is 5.50 Å². The first-order valence-corrected chi connectivity index (χ1v) is 21.3. The summed E-state index contributed by atoms with van der Waals surface area (Å²) in [4.78, 5) is 58.8. The number of thiol groups is 1. The van der Waals surface area contributed by atoms with Crippen molar-refractivity contribution in [2.45, 2.75) is 100 Å². The molecule has 13 nitrogen and oxygen atoms in total. The van der Waals surface area contributed by atoms with Crippen molar-refractivity contribution in [2.24, 2.45) is 0 Å². The fourth-order valence-electron chi connectivity index (χ4n) is 9.24. The van der Waals surface area contributed by atoms with E-state index < -0.39 is 34.4 Å². The summed E-state index contributed by atoms with van der Waals surface area (Å²) >= 11 is 4.85. The van der Waals surface area contributed by atoms with Crippen molar-refractivity contribution < 1.29 is 37.1 Å². The van der Waals surface area contributed by atoms with Crippen LogP contribution in [0.15, 0.2) is 60.7 Å². The van der Waals surface area contributed by atoms with Gasteiger partial charge in [0.05, 0.1) is 23.7 Å². The number of carbonyl (C=O) groups is 4. The second-order valence-electron chi connectivity index (χ2n) is 16.9. The van der Waals surface area contributed by atoms with Gasteiger partial charge in [0, 0.05) is 60.9 Å². The van der Waals surface area contributed by atoms with Crippen LogP contribution in [-0.4, -0.2) is 95.4 Å². The molecule has 3 aliphatic heterocycles. The van der Waals surface area contributed by atoms with Crippen molar-refractivity contribution in [2.75, 3.05) is 53.2 Å². The maximum Gasteiger partial charge on any atom is 0.417 e. The van der Waals surface area contributed by atoms with E-state index in [1.165, 1.54) is 11.0 Å². The molecule has 8 rings (SSSR count). The third kappa shape index (κ3) is 8.62. The summed E-state index contributed by atoms with van der Waals surface area (Å²) < 4.78 is 48.2. The average Bonchev–Trinajstić information content (AvgIpc) is 4.01. The number of piperazine rings is 1. The first kappa shape index (κ1) is 42.4. The highest BCUT2D eigenvalue weighted by atomic mass is 32.1. The van der Waals surface area contributed by atoms with Crippen LogP contribution in [0.2, 0.25) is 0 Å². The lowest BCUT2D eigenvalue weighted by Crippen LogP contribution is -2.58. The van der Waals surface area contributed by atoms with Crippen molar-refractivity contribution in [1.29, 1.82) is 5.26 Å². The molecule has 0 aromatic heterocycles. The fourth-order valence-corrected chi connectivity index (χ4v) is 9.83. The molecule has 61 heavy (non-hydrogen) atoms. The summed E-state index contributed by atoms with van der Waals surface area (Å²) in [7, 11) is 0.